The molecule has 35 heavy (non-hydrogen) atoms. The molecule has 0 bridgehead atoms. The van der Waals surface area contributed by atoms with Gasteiger partial charge in [-0.2, -0.15) is 0 Å². The van der Waals surface area contributed by atoms with Gasteiger partial charge in [-0.3, -0.25) is 4.79 Å². The van der Waals surface area contributed by atoms with Gasteiger partial charge in [0.25, 0.3) is 0 Å². The van der Waals surface area contributed by atoms with Gasteiger partial charge >= 0.3 is 5.97 Å². The van der Waals surface area contributed by atoms with E-state index in [1.54, 1.807) is 11.8 Å². The fourth-order valence-corrected chi connectivity index (χ4v) is 5.60. The molecule has 0 amide bonds. The first-order valence-corrected chi connectivity index (χ1v) is 15.1. The van der Waals surface area contributed by atoms with Crippen LogP contribution in [0.1, 0.15) is 136 Å². The van der Waals surface area contributed by atoms with Crippen LogP contribution in [0.25, 0.3) is 0 Å². The Kier molecular flexibility index (Phi) is 14.4. The molecule has 0 spiro atoms. The van der Waals surface area contributed by atoms with E-state index in [2.05, 4.69) is 60.6 Å². The summed E-state index contributed by atoms with van der Waals surface area (Å²) in [5, 5.41) is 10.8. The smallest absolute Gasteiger partial charge is 0.319 e. The largest absolute Gasteiger partial charge is 0.507 e. The highest BCUT2D eigenvalue weighted by atomic mass is 32.2. The van der Waals surface area contributed by atoms with Gasteiger partial charge in [0.05, 0.1) is 6.61 Å². The minimum absolute atomic E-state index is 0.118. The van der Waals surface area contributed by atoms with Gasteiger partial charge < -0.3 is 9.84 Å². The molecule has 1 aromatic carbocycles. The SMILES string of the molecule is CCCCCCCCCCCCSC(Cc1cc(C(C)(C)C)c(O)c(C(C)(C)C)c1)C(=O)OCC. The van der Waals surface area contributed by atoms with E-state index in [4.69, 9.17) is 4.74 Å². The Morgan fingerprint density at radius 3 is 1.71 bits per heavy atom. The third-order valence-corrected chi connectivity index (χ3v) is 7.86. The van der Waals surface area contributed by atoms with Crippen LogP contribution >= 0.6 is 11.8 Å². The number of esters is 1. The predicted molar refractivity (Wildman–Crippen MR) is 154 cm³/mol. The highest BCUT2D eigenvalue weighted by Crippen LogP contribution is 2.40. The lowest BCUT2D eigenvalue weighted by Crippen LogP contribution is -2.24. The number of aromatic hydroxyl groups is 1. The molecular formula is C31H54O3S. The molecule has 0 aromatic heterocycles. The molecule has 0 fully saturated rings. The summed E-state index contributed by atoms with van der Waals surface area (Å²) in [4.78, 5) is 12.8. The molecule has 0 aliphatic rings. The number of thioether (sulfide) groups is 1. The Bertz CT molecular complexity index is 708. The predicted octanol–water partition coefficient (Wildman–Crippen LogP) is 9.12. The maximum Gasteiger partial charge on any atom is 0.319 e. The molecule has 0 radical (unpaired) electrons. The molecule has 0 saturated carbocycles. The van der Waals surface area contributed by atoms with E-state index in [-0.39, 0.29) is 22.0 Å². The molecule has 0 saturated heterocycles. The fourth-order valence-electron chi connectivity index (χ4n) is 4.43. The lowest BCUT2D eigenvalue weighted by molar-refractivity contribution is -0.142. The van der Waals surface area contributed by atoms with Crippen molar-refractivity contribution >= 4 is 17.7 Å². The first-order valence-electron chi connectivity index (χ1n) is 14.1. The average Bonchev–Trinajstić information content (AvgIpc) is 2.76. The zero-order valence-corrected chi connectivity index (χ0v) is 24.9. The summed E-state index contributed by atoms with van der Waals surface area (Å²) >= 11 is 1.74. The van der Waals surface area contributed by atoms with Gasteiger partial charge in [-0.05, 0) is 53.0 Å². The van der Waals surface area contributed by atoms with Crippen molar-refractivity contribution in [1.82, 2.24) is 0 Å². The molecule has 202 valence electrons. The van der Waals surface area contributed by atoms with Gasteiger partial charge in [0.1, 0.15) is 11.0 Å². The number of phenolic OH excluding ortho intramolecular Hbond substituents is 1. The van der Waals surface area contributed by atoms with Crippen molar-refractivity contribution < 1.29 is 14.6 Å². The lowest BCUT2D eigenvalue weighted by atomic mass is 9.78. The van der Waals surface area contributed by atoms with Gasteiger partial charge in [-0.15, -0.1) is 11.8 Å². The molecule has 1 atom stereocenters. The number of rotatable bonds is 16. The molecule has 1 N–H and O–H groups in total. The summed E-state index contributed by atoms with van der Waals surface area (Å²) in [6.07, 6.45) is 13.8. The maximum atomic E-state index is 12.8. The van der Waals surface area contributed by atoms with Crippen LogP contribution in [0.2, 0.25) is 0 Å². The summed E-state index contributed by atoms with van der Waals surface area (Å²) in [6.45, 7) is 17.3. The third-order valence-electron chi connectivity index (χ3n) is 6.57. The van der Waals surface area contributed by atoms with Crippen molar-refractivity contribution in [2.24, 2.45) is 0 Å². The summed E-state index contributed by atoms with van der Waals surface area (Å²) in [6, 6.07) is 4.19. The van der Waals surface area contributed by atoms with Crippen molar-refractivity contribution in [2.45, 2.75) is 142 Å². The number of carbonyl (C=O) groups is 1. The zero-order valence-electron chi connectivity index (χ0n) is 24.1. The van der Waals surface area contributed by atoms with Crippen molar-refractivity contribution in [3.05, 3.63) is 28.8 Å². The van der Waals surface area contributed by atoms with Crippen molar-refractivity contribution in [3.8, 4) is 5.75 Å². The number of benzene rings is 1. The van der Waals surface area contributed by atoms with E-state index >= 15 is 0 Å². The molecule has 0 heterocycles. The monoisotopic (exact) mass is 506 g/mol. The Morgan fingerprint density at radius 1 is 0.829 bits per heavy atom. The minimum atomic E-state index is -0.210. The maximum absolute atomic E-state index is 12.8. The van der Waals surface area contributed by atoms with Crippen LogP contribution in [-0.4, -0.2) is 28.7 Å². The second-order valence-electron chi connectivity index (χ2n) is 12.0. The minimum Gasteiger partial charge on any atom is -0.507 e. The first-order chi connectivity index (χ1) is 16.4. The van der Waals surface area contributed by atoms with Gasteiger partial charge in [-0.25, -0.2) is 0 Å². The number of ether oxygens (including phenoxy) is 1. The third kappa shape index (κ3) is 12.1. The topological polar surface area (TPSA) is 46.5 Å². The quantitative estimate of drug-likeness (QED) is 0.179. The summed E-state index contributed by atoms with van der Waals surface area (Å²) in [5.41, 5.74) is 2.64. The Hall–Kier alpha value is -1.16. The Balaban J connectivity index is 2.75. The van der Waals surface area contributed by atoms with Crippen LogP contribution in [0, 0.1) is 0 Å². The summed E-state index contributed by atoms with van der Waals surface area (Å²) < 4.78 is 5.44. The van der Waals surface area contributed by atoms with Gasteiger partial charge in [-0.1, -0.05) is 118 Å². The highest BCUT2D eigenvalue weighted by Gasteiger charge is 2.28. The molecule has 3 nitrogen and oxygen atoms in total. The normalized spacial score (nSPS) is 13.1. The number of hydrogen-bond donors (Lipinski definition) is 1. The summed E-state index contributed by atoms with van der Waals surface area (Å²) in [5.74, 6) is 1.25. The van der Waals surface area contributed by atoms with E-state index in [1.807, 2.05) is 6.92 Å². The fraction of sp³-hybridized carbons (Fsp3) is 0.774. The number of hydrogen-bond acceptors (Lipinski definition) is 4. The molecule has 4 heteroatoms. The molecule has 1 aromatic rings. The molecular weight excluding hydrogens is 452 g/mol. The Morgan fingerprint density at radius 2 is 1.29 bits per heavy atom. The van der Waals surface area contributed by atoms with E-state index in [1.165, 1.54) is 57.8 Å². The molecule has 0 aliphatic carbocycles. The van der Waals surface area contributed by atoms with Gasteiger partial charge in [0.15, 0.2) is 0 Å². The van der Waals surface area contributed by atoms with Crippen LogP contribution in [0.3, 0.4) is 0 Å². The van der Waals surface area contributed by atoms with E-state index in [9.17, 15) is 9.90 Å². The van der Waals surface area contributed by atoms with Crippen molar-refractivity contribution in [1.29, 1.82) is 0 Å². The lowest BCUT2D eigenvalue weighted by Gasteiger charge is -2.28. The van der Waals surface area contributed by atoms with Crippen LogP contribution in [0.4, 0.5) is 0 Å². The van der Waals surface area contributed by atoms with Crippen LogP contribution in [-0.2, 0) is 26.8 Å². The first kappa shape index (κ1) is 31.9. The standard InChI is InChI=1S/C31H54O3S/c1-9-11-12-13-14-15-16-17-18-19-20-35-27(29(33)34-10-2)23-24-21-25(30(3,4)5)28(32)26(22-24)31(6,7)8/h21-22,27,32H,9-20,23H2,1-8H3. The number of carbonyl (C=O) groups excluding carboxylic acids is 1. The molecule has 1 rings (SSSR count). The number of phenols is 1. The van der Waals surface area contributed by atoms with E-state index in [0.717, 1.165) is 28.9 Å². The van der Waals surface area contributed by atoms with E-state index in [0.29, 0.717) is 18.8 Å². The summed E-state index contributed by atoms with van der Waals surface area (Å²) in [7, 11) is 0. The van der Waals surface area contributed by atoms with Crippen LogP contribution < -0.4 is 0 Å². The highest BCUT2D eigenvalue weighted by molar-refractivity contribution is 8.00. The second kappa shape index (κ2) is 15.8. The zero-order chi connectivity index (χ0) is 26.5. The number of unbranched alkanes of at least 4 members (excludes halogenated alkanes) is 9. The molecule has 0 aliphatic heterocycles. The van der Waals surface area contributed by atoms with Crippen LogP contribution in [0.5, 0.6) is 5.75 Å². The van der Waals surface area contributed by atoms with Crippen molar-refractivity contribution in [2.75, 3.05) is 12.4 Å². The van der Waals surface area contributed by atoms with Crippen LogP contribution in [0.15, 0.2) is 12.1 Å². The van der Waals surface area contributed by atoms with Gasteiger partial charge in [0.2, 0.25) is 0 Å². The second-order valence-corrected chi connectivity index (χ2v) is 13.3. The van der Waals surface area contributed by atoms with Gasteiger partial charge in [0, 0.05) is 0 Å². The average molecular weight is 507 g/mol. The Labute approximate surface area is 221 Å². The van der Waals surface area contributed by atoms with Crippen molar-refractivity contribution in [3.63, 3.8) is 0 Å². The van der Waals surface area contributed by atoms with E-state index < -0.39 is 0 Å². The molecule has 1 unspecified atom stereocenters.